The van der Waals surface area contributed by atoms with Gasteiger partial charge in [-0.05, 0) is 25.1 Å². The molecule has 21 heavy (non-hydrogen) atoms. The van der Waals surface area contributed by atoms with Crippen molar-refractivity contribution in [3.8, 4) is 11.5 Å². The molecular weight excluding hydrogens is 270 g/mol. The van der Waals surface area contributed by atoms with E-state index in [9.17, 15) is 4.79 Å². The zero-order valence-corrected chi connectivity index (χ0v) is 12.4. The molecule has 2 heterocycles. The minimum absolute atomic E-state index is 0.0590. The molecule has 1 aromatic rings. The Balaban J connectivity index is 2.11. The fourth-order valence-corrected chi connectivity index (χ4v) is 2.89. The third kappa shape index (κ3) is 2.33. The Morgan fingerprint density at radius 3 is 3.00 bits per heavy atom. The SMILES string of the molecule is CNC(=O)C1=CO[C@@]2(C)COc3ccc(OC)cc3[C@@H]1C2. The summed E-state index contributed by atoms with van der Waals surface area (Å²) in [4.78, 5) is 12.1. The molecule has 5 heteroatoms. The number of carbonyl (C=O) groups excluding carboxylic acids is 1. The molecule has 0 saturated heterocycles. The van der Waals surface area contributed by atoms with Crippen LogP contribution < -0.4 is 14.8 Å². The standard InChI is InChI=1S/C16H19NO4/c1-16-7-12(13(8-21-16)15(18)17-2)11-6-10(19-3)4-5-14(11)20-9-16/h4-6,8,12H,7,9H2,1-3H3,(H,17,18)/t12-,16+/m0/s1. The van der Waals surface area contributed by atoms with Gasteiger partial charge in [0.15, 0.2) is 0 Å². The van der Waals surface area contributed by atoms with Gasteiger partial charge in [-0.2, -0.15) is 0 Å². The van der Waals surface area contributed by atoms with Crippen LogP contribution in [0.5, 0.6) is 11.5 Å². The van der Waals surface area contributed by atoms with Gasteiger partial charge in [0, 0.05) is 24.9 Å². The van der Waals surface area contributed by atoms with E-state index in [2.05, 4.69) is 5.32 Å². The van der Waals surface area contributed by atoms with E-state index >= 15 is 0 Å². The molecule has 0 saturated carbocycles. The second-order valence-corrected chi connectivity index (χ2v) is 5.67. The number of fused-ring (bicyclic) bond motifs is 4. The first-order valence-corrected chi connectivity index (χ1v) is 6.97. The van der Waals surface area contributed by atoms with E-state index in [4.69, 9.17) is 14.2 Å². The van der Waals surface area contributed by atoms with E-state index in [1.165, 1.54) is 0 Å². The molecule has 1 aromatic carbocycles. The van der Waals surface area contributed by atoms with Gasteiger partial charge in [0.1, 0.15) is 23.7 Å². The Kier molecular flexibility index (Phi) is 3.27. The van der Waals surface area contributed by atoms with Gasteiger partial charge in [-0.25, -0.2) is 0 Å². The Morgan fingerprint density at radius 1 is 1.48 bits per heavy atom. The minimum Gasteiger partial charge on any atom is -0.497 e. The summed E-state index contributed by atoms with van der Waals surface area (Å²) in [6.07, 6.45) is 2.28. The lowest BCUT2D eigenvalue weighted by Crippen LogP contribution is -2.39. The molecule has 1 N–H and O–H groups in total. The van der Waals surface area contributed by atoms with Gasteiger partial charge in [0.25, 0.3) is 5.91 Å². The predicted octanol–water partition coefficient (Wildman–Crippen LogP) is 1.98. The number of likely N-dealkylation sites (N-methyl/N-ethyl adjacent to an activating group) is 1. The van der Waals surface area contributed by atoms with E-state index in [0.717, 1.165) is 17.1 Å². The first kappa shape index (κ1) is 13.8. The quantitative estimate of drug-likeness (QED) is 0.904. The average Bonchev–Trinajstić information content (AvgIpc) is 2.62. The number of rotatable bonds is 2. The van der Waals surface area contributed by atoms with Crippen LogP contribution in [0.3, 0.4) is 0 Å². The topological polar surface area (TPSA) is 56.8 Å². The number of benzene rings is 1. The average molecular weight is 289 g/mol. The second-order valence-electron chi connectivity index (χ2n) is 5.67. The van der Waals surface area contributed by atoms with Crippen molar-refractivity contribution in [2.75, 3.05) is 20.8 Å². The summed E-state index contributed by atoms with van der Waals surface area (Å²) < 4.78 is 16.9. The van der Waals surface area contributed by atoms with E-state index in [0.29, 0.717) is 18.6 Å². The van der Waals surface area contributed by atoms with Crippen molar-refractivity contribution in [2.24, 2.45) is 0 Å². The molecule has 2 atom stereocenters. The Bertz CT molecular complexity index is 610. The van der Waals surface area contributed by atoms with E-state index in [-0.39, 0.29) is 11.8 Å². The molecule has 112 valence electrons. The number of methoxy groups -OCH3 is 1. The number of amides is 1. The zero-order valence-electron chi connectivity index (χ0n) is 12.4. The van der Waals surface area contributed by atoms with Crippen LogP contribution in [0, 0.1) is 0 Å². The molecule has 0 spiro atoms. The van der Waals surface area contributed by atoms with Crippen molar-refractivity contribution in [3.05, 3.63) is 35.6 Å². The van der Waals surface area contributed by atoms with Crippen molar-refractivity contribution in [1.29, 1.82) is 0 Å². The van der Waals surface area contributed by atoms with Gasteiger partial charge in [-0.1, -0.05) is 0 Å². The van der Waals surface area contributed by atoms with Gasteiger partial charge < -0.3 is 19.5 Å². The van der Waals surface area contributed by atoms with Crippen molar-refractivity contribution in [3.63, 3.8) is 0 Å². The van der Waals surface area contributed by atoms with E-state index in [1.807, 2.05) is 25.1 Å². The van der Waals surface area contributed by atoms with Crippen molar-refractivity contribution in [2.45, 2.75) is 24.9 Å². The van der Waals surface area contributed by atoms with Gasteiger partial charge >= 0.3 is 0 Å². The number of ether oxygens (including phenoxy) is 3. The lowest BCUT2D eigenvalue weighted by Gasteiger charge is -2.34. The Labute approximate surface area is 123 Å². The predicted molar refractivity (Wildman–Crippen MR) is 77.5 cm³/mol. The number of nitrogens with one attached hydrogen (secondary N) is 1. The van der Waals surface area contributed by atoms with E-state index in [1.54, 1.807) is 20.4 Å². The Morgan fingerprint density at radius 2 is 2.29 bits per heavy atom. The normalized spacial score (nSPS) is 26.4. The first-order chi connectivity index (χ1) is 10.1. The summed E-state index contributed by atoms with van der Waals surface area (Å²) >= 11 is 0. The highest BCUT2D eigenvalue weighted by Crippen LogP contribution is 2.46. The largest absolute Gasteiger partial charge is 0.497 e. The highest BCUT2D eigenvalue weighted by molar-refractivity contribution is 5.95. The Hall–Kier alpha value is -2.17. The van der Waals surface area contributed by atoms with Crippen LogP contribution >= 0.6 is 0 Å². The number of hydrogen-bond donors (Lipinski definition) is 1. The summed E-state index contributed by atoms with van der Waals surface area (Å²) in [6, 6.07) is 5.69. The minimum atomic E-state index is -0.422. The highest BCUT2D eigenvalue weighted by atomic mass is 16.5. The van der Waals surface area contributed by atoms with E-state index < -0.39 is 5.60 Å². The van der Waals surface area contributed by atoms with Crippen LogP contribution in [0.4, 0.5) is 0 Å². The van der Waals surface area contributed by atoms with Crippen molar-refractivity contribution < 1.29 is 19.0 Å². The molecule has 2 bridgehead atoms. The third-order valence-corrected chi connectivity index (χ3v) is 4.10. The molecule has 2 aliphatic heterocycles. The maximum absolute atomic E-state index is 12.1. The molecular formula is C16H19NO4. The lowest BCUT2D eigenvalue weighted by molar-refractivity contribution is -0.118. The maximum atomic E-state index is 12.1. The molecule has 0 unspecified atom stereocenters. The maximum Gasteiger partial charge on any atom is 0.250 e. The molecule has 2 aliphatic rings. The summed E-state index contributed by atoms with van der Waals surface area (Å²) in [5.74, 6) is 1.35. The monoisotopic (exact) mass is 289 g/mol. The second kappa shape index (κ2) is 4.98. The summed E-state index contributed by atoms with van der Waals surface area (Å²) in [5, 5.41) is 2.67. The summed E-state index contributed by atoms with van der Waals surface area (Å²) in [5.41, 5.74) is 1.17. The molecule has 5 nitrogen and oxygen atoms in total. The smallest absolute Gasteiger partial charge is 0.250 e. The van der Waals surface area contributed by atoms with Crippen molar-refractivity contribution >= 4 is 5.91 Å². The van der Waals surface area contributed by atoms with Crippen LogP contribution in [-0.4, -0.2) is 32.3 Å². The molecule has 1 amide bonds. The summed E-state index contributed by atoms with van der Waals surface area (Å²) in [6.45, 7) is 2.46. The summed E-state index contributed by atoms with van der Waals surface area (Å²) in [7, 11) is 3.25. The third-order valence-electron chi connectivity index (χ3n) is 4.10. The zero-order chi connectivity index (χ0) is 15.0. The fourth-order valence-electron chi connectivity index (χ4n) is 2.89. The van der Waals surface area contributed by atoms with Crippen LogP contribution in [-0.2, 0) is 9.53 Å². The van der Waals surface area contributed by atoms with Crippen LogP contribution in [0.15, 0.2) is 30.0 Å². The number of hydrogen-bond acceptors (Lipinski definition) is 4. The molecule has 3 rings (SSSR count). The number of carbonyl (C=O) groups is 1. The van der Waals surface area contributed by atoms with Crippen LogP contribution in [0.25, 0.3) is 0 Å². The van der Waals surface area contributed by atoms with Gasteiger partial charge in [-0.15, -0.1) is 0 Å². The van der Waals surface area contributed by atoms with Gasteiger partial charge in [0.05, 0.1) is 18.9 Å². The van der Waals surface area contributed by atoms with Crippen molar-refractivity contribution in [1.82, 2.24) is 5.32 Å². The molecule has 0 aliphatic carbocycles. The molecule has 0 aromatic heterocycles. The highest BCUT2D eigenvalue weighted by Gasteiger charge is 2.42. The lowest BCUT2D eigenvalue weighted by atomic mass is 9.81. The van der Waals surface area contributed by atoms with Gasteiger partial charge in [-0.3, -0.25) is 4.79 Å². The van der Waals surface area contributed by atoms with Gasteiger partial charge in [0.2, 0.25) is 0 Å². The fraction of sp³-hybridized carbons (Fsp3) is 0.438. The molecule has 0 fully saturated rings. The molecule has 0 radical (unpaired) electrons. The van der Waals surface area contributed by atoms with Crippen LogP contribution in [0.2, 0.25) is 0 Å². The first-order valence-electron chi connectivity index (χ1n) is 6.97. The van der Waals surface area contributed by atoms with Crippen LogP contribution in [0.1, 0.15) is 24.8 Å².